The molecule has 0 spiro atoms. The molecule has 0 aliphatic heterocycles. The molecule has 0 amide bonds. The molecule has 0 fully saturated rings. The van der Waals surface area contributed by atoms with Crippen molar-refractivity contribution in [2.24, 2.45) is 0 Å². The van der Waals surface area contributed by atoms with Gasteiger partial charge in [0.05, 0.1) is 0 Å². The van der Waals surface area contributed by atoms with E-state index < -0.39 is 6.16 Å². The molecule has 0 saturated carbocycles. The first-order valence-electron chi connectivity index (χ1n) is 0.612. The number of hydrogen-bond donors (Lipinski definition) is 0. The molecule has 0 aliphatic rings. The quantitative estimate of drug-likeness (QED) is 0.354. The van der Waals surface area contributed by atoms with Gasteiger partial charge in [0.15, 0.2) is 0 Å². The van der Waals surface area contributed by atoms with Gasteiger partial charge in [0.2, 0.25) is 0 Å². The smallest absolute Gasteiger partial charge is 0.870 e. The Bertz CT molecular complexity index is 35.4. The molecule has 0 bridgehead atoms. The van der Waals surface area contributed by atoms with E-state index in [2.05, 4.69) is 0 Å². The van der Waals surface area contributed by atoms with Crippen molar-refractivity contribution in [2.75, 3.05) is 0 Å². The van der Waals surface area contributed by atoms with E-state index in [1.165, 1.54) is 0 Å². The SMILES string of the molecule is O.O=C([O-])[O-].[Al+3].[Ni+2].[OH-]. The summed E-state index contributed by atoms with van der Waals surface area (Å²) in [5.41, 5.74) is 0. The molecule has 0 aliphatic carbocycles. The van der Waals surface area contributed by atoms with Crippen LogP contribution in [0.3, 0.4) is 0 Å². The van der Waals surface area contributed by atoms with E-state index in [4.69, 9.17) is 15.0 Å². The van der Waals surface area contributed by atoms with Crippen molar-refractivity contribution in [1.82, 2.24) is 0 Å². The van der Waals surface area contributed by atoms with Gasteiger partial charge in [-0.05, 0) is 6.16 Å². The number of carboxylic acid groups (broad SMARTS) is 2. The van der Waals surface area contributed by atoms with Gasteiger partial charge < -0.3 is 26.0 Å². The van der Waals surface area contributed by atoms with E-state index in [1.807, 2.05) is 0 Å². The minimum Gasteiger partial charge on any atom is -0.870 e. The van der Waals surface area contributed by atoms with Gasteiger partial charge in [-0.1, -0.05) is 0 Å². The molecule has 8 heavy (non-hydrogen) atoms. The third-order valence-corrected chi connectivity index (χ3v) is 0. The van der Waals surface area contributed by atoms with Crippen LogP contribution in [-0.4, -0.2) is 34.5 Å². The summed E-state index contributed by atoms with van der Waals surface area (Å²) in [4.78, 5) is 8.33. The molecule has 0 unspecified atom stereocenters. The standard InChI is InChI=1S/CH2O3.Al.Ni.2H2O/c2-1(3)4;;;;/h(H2,2,3,4);;;2*1H2/q;+3;+2;;/p-3. The van der Waals surface area contributed by atoms with Crippen molar-refractivity contribution in [3.8, 4) is 0 Å². The summed E-state index contributed by atoms with van der Waals surface area (Å²) in [5.74, 6) is 0. The van der Waals surface area contributed by atoms with Crippen LogP contribution < -0.4 is 10.2 Å². The normalized spacial score (nSPS) is 3.00. The van der Waals surface area contributed by atoms with Gasteiger partial charge in [-0.15, -0.1) is 0 Å². The van der Waals surface area contributed by atoms with Crippen molar-refractivity contribution < 1.29 is 42.5 Å². The van der Waals surface area contributed by atoms with Gasteiger partial charge in [-0.3, -0.25) is 0 Å². The molecule has 0 atom stereocenters. The summed E-state index contributed by atoms with van der Waals surface area (Å²) in [6, 6.07) is 0. The summed E-state index contributed by atoms with van der Waals surface area (Å²) in [5, 5.41) is 16.7. The molecule has 0 radical (unpaired) electrons. The topological polar surface area (TPSA) is 125 Å². The van der Waals surface area contributed by atoms with E-state index in [-0.39, 0.29) is 44.8 Å². The molecular formula is CH3AlNiO5+2. The average Bonchev–Trinajstić information content (AvgIpc) is 0.811. The fourth-order valence-electron chi connectivity index (χ4n) is 0. The number of carbonyl (C=O) groups is 1. The molecule has 0 aromatic rings. The van der Waals surface area contributed by atoms with E-state index in [0.29, 0.717) is 0 Å². The van der Waals surface area contributed by atoms with Gasteiger partial charge in [-0.2, -0.15) is 0 Å². The Labute approximate surface area is 66.4 Å². The van der Waals surface area contributed by atoms with Crippen molar-refractivity contribution >= 4 is 23.5 Å². The average molecular weight is 181 g/mol. The van der Waals surface area contributed by atoms with Crippen LogP contribution in [0.5, 0.6) is 0 Å². The van der Waals surface area contributed by atoms with Crippen molar-refractivity contribution in [3.63, 3.8) is 0 Å². The fraction of sp³-hybridized carbons (Fsp3) is 0. The fourth-order valence-corrected chi connectivity index (χ4v) is 0. The zero-order valence-electron chi connectivity index (χ0n) is 3.57. The zero-order valence-corrected chi connectivity index (χ0v) is 5.71. The summed E-state index contributed by atoms with van der Waals surface area (Å²) in [7, 11) is 0. The second kappa shape index (κ2) is 27.0. The molecule has 5 nitrogen and oxygen atoms in total. The Morgan fingerprint density at radius 2 is 1.25 bits per heavy atom. The largest absolute Gasteiger partial charge is 3.00 e. The molecule has 0 rings (SSSR count). The van der Waals surface area contributed by atoms with Crippen LogP contribution in [0.15, 0.2) is 0 Å². The Balaban J connectivity index is -0.00000000750. The Morgan fingerprint density at radius 3 is 1.25 bits per heavy atom. The minimum atomic E-state index is -2.33. The second-order valence-corrected chi connectivity index (χ2v) is 0.250. The summed E-state index contributed by atoms with van der Waals surface area (Å²) in [6.45, 7) is 0. The first kappa shape index (κ1) is 41.4. The predicted octanol–water partition coefficient (Wildman–Crippen LogP) is -3.83. The third kappa shape index (κ3) is 3630. The maximum Gasteiger partial charge on any atom is 3.00 e. The summed E-state index contributed by atoms with van der Waals surface area (Å²) >= 11 is 0. The maximum absolute atomic E-state index is 8.33. The van der Waals surface area contributed by atoms with E-state index in [0.717, 1.165) is 0 Å². The van der Waals surface area contributed by atoms with Crippen LogP contribution in [-0.2, 0) is 16.5 Å². The molecule has 48 valence electrons. The molecule has 3 N–H and O–H groups in total. The first-order valence-corrected chi connectivity index (χ1v) is 0.612. The van der Waals surface area contributed by atoms with E-state index >= 15 is 0 Å². The molecule has 0 saturated heterocycles. The van der Waals surface area contributed by atoms with E-state index in [1.54, 1.807) is 0 Å². The van der Waals surface area contributed by atoms with Crippen molar-refractivity contribution in [3.05, 3.63) is 0 Å². The Kier molecular flexibility index (Phi) is 139. The van der Waals surface area contributed by atoms with Crippen LogP contribution in [0.2, 0.25) is 0 Å². The van der Waals surface area contributed by atoms with Crippen molar-refractivity contribution in [2.45, 2.75) is 0 Å². The Hall–Kier alpha value is 0.216. The summed E-state index contributed by atoms with van der Waals surface area (Å²) < 4.78 is 0. The van der Waals surface area contributed by atoms with Crippen LogP contribution in [0.1, 0.15) is 0 Å². The number of hydrogen-bond acceptors (Lipinski definition) is 4. The zero-order chi connectivity index (χ0) is 3.58. The first-order chi connectivity index (χ1) is 1.73. The molecular weight excluding hydrogens is 178 g/mol. The van der Waals surface area contributed by atoms with Crippen LogP contribution >= 0.6 is 0 Å². The number of carbonyl (C=O) groups excluding carboxylic acids is 1. The van der Waals surface area contributed by atoms with Crippen LogP contribution in [0, 0.1) is 0 Å². The molecule has 0 aromatic carbocycles. The van der Waals surface area contributed by atoms with Gasteiger partial charge in [0, 0.05) is 0 Å². The second-order valence-electron chi connectivity index (χ2n) is 0.250. The van der Waals surface area contributed by atoms with Crippen molar-refractivity contribution in [1.29, 1.82) is 0 Å². The van der Waals surface area contributed by atoms with Gasteiger partial charge in [-0.25, -0.2) is 0 Å². The van der Waals surface area contributed by atoms with Gasteiger partial charge >= 0.3 is 33.9 Å². The predicted molar refractivity (Wildman–Crippen MR) is 16.7 cm³/mol. The molecule has 0 heterocycles. The molecule has 0 aromatic heterocycles. The van der Waals surface area contributed by atoms with Crippen LogP contribution in [0.4, 0.5) is 4.79 Å². The third-order valence-electron chi connectivity index (χ3n) is 0. The number of rotatable bonds is 0. The van der Waals surface area contributed by atoms with Crippen LogP contribution in [0.25, 0.3) is 0 Å². The maximum atomic E-state index is 8.33. The minimum absolute atomic E-state index is 0. The monoisotopic (exact) mass is 180 g/mol. The van der Waals surface area contributed by atoms with Gasteiger partial charge in [0.1, 0.15) is 0 Å². The van der Waals surface area contributed by atoms with Gasteiger partial charge in [0.25, 0.3) is 0 Å². The Morgan fingerprint density at radius 1 is 1.25 bits per heavy atom. The van der Waals surface area contributed by atoms with E-state index in [9.17, 15) is 0 Å². The molecule has 7 heteroatoms. The summed E-state index contributed by atoms with van der Waals surface area (Å²) in [6.07, 6.45) is -2.33.